The highest BCUT2D eigenvalue weighted by Crippen LogP contribution is 2.21. The van der Waals surface area contributed by atoms with Gasteiger partial charge in [-0.3, -0.25) is 4.57 Å². The summed E-state index contributed by atoms with van der Waals surface area (Å²) < 4.78 is 1.34. The van der Waals surface area contributed by atoms with Crippen LogP contribution in [0, 0.1) is 34.0 Å². The van der Waals surface area contributed by atoms with Crippen LogP contribution >= 0.6 is 0 Å². The summed E-state index contributed by atoms with van der Waals surface area (Å²) in [4.78, 5) is 3.86. The zero-order valence-electron chi connectivity index (χ0n) is 11.6. The number of hydrogen-bond donors (Lipinski definition) is 0. The molecule has 0 aliphatic carbocycles. The quantitative estimate of drug-likeness (QED) is 0.837. The maximum Gasteiger partial charge on any atom is 0.179 e. The topological polar surface area (TPSA) is 115 Å². The molecule has 0 radical (unpaired) electrons. The van der Waals surface area contributed by atoms with Gasteiger partial charge in [0.2, 0.25) is 0 Å². The van der Waals surface area contributed by atoms with Crippen LogP contribution in [0.1, 0.15) is 42.1 Å². The van der Waals surface area contributed by atoms with E-state index < -0.39 is 0 Å². The van der Waals surface area contributed by atoms with E-state index in [4.69, 9.17) is 5.26 Å². The molecule has 21 heavy (non-hydrogen) atoms. The van der Waals surface area contributed by atoms with Crippen LogP contribution in [-0.4, -0.2) is 19.7 Å². The molecule has 102 valence electrons. The van der Waals surface area contributed by atoms with Crippen molar-refractivity contribution in [2.75, 3.05) is 0 Å². The Labute approximate surface area is 121 Å². The molecule has 2 rings (SSSR count). The summed E-state index contributed by atoms with van der Waals surface area (Å²) in [5.41, 5.74) is 1.98. The predicted octanol–water partition coefficient (Wildman–Crippen LogP) is 1.40. The van der Waals surface area contributed by atoms with E-state index in [1.54, 1.807) is 0 Å². The average Bonchev–Trinajstić information content (AvgIpc) is 2.95. The summed E-state index contributed by atoms with van der Waals surface area (Å²) in [6.07, 6.45) is 2.62. The first-order valence-corrected chi connectivity index (χ1v) is 6.38. The minimum absolute atomic E-state index is 0.000747. The van der Waals surface area contributed by atoms with E-state index in [2.05, 4.69) is 21.3 Å². The minimum Gasteiger partial charge on any atom is -0.270 e. The predicted molar refractivity (Wildman–Crippen MR) is 72.1 cm³/mol. The van der Waals surface area contributed by atoms with Crippen LogP contribution in [0.15, 0.2) is 6.33 Å². The molecule has 7 heteroatoms. The van der Waals surface area contributed by atoms with Gasteiger partial charge in [-0.05, 0) is 18.4 Å². The third-order valence-corrected chi connectivity index (χ3v) is 3.15. The molecule has 0 aliphatic heterocycles. The van der Waals surface area contributed by atoms with E-state index in [0.29, 0.717) is 18.4 Å². The standard InChI is InChI=1S/C14H11N7/c1-3-9-10(5-15)14(20-19-11(9)4-2)21-8-18-12(6-16)13(21)7-17/h8H,3-4H2,1-2H3. The van der Waals surface area contributed by atoms with Crippen molar-refractivity contribution in [3.05, 3.63) is 34.5 Å². The monoisotopic (exact) mass is 277 g/mol. The van der Waals surface area contributed by atoms with Gasteiger partial charge in [-0.15, -0.1) is 5.10 Å². The summed E-state index contributed by atoms with van der Waals surface area (Å²) in [7, 11) is 0. The van der Waals surface area contributed by atoms with Gasteiger partial charge in [-0.25, -0.2) is 4.98 Å². The lowest BCUT2D eigenvalue weighted by atomic mass is 10.0. The number of rotatable bonds is 3. The van der Waals surface area contributed by atoms with Gasteiger partial charge in [0.1, 0.15) is 30.1 Å². The van der Waals surface area contributed by atoms with Crippen molar-refractivity contribution in [3.8, 4) is 24.0 Å². The average molecular weight is 277 g/mol. The zero-order chi connectivity index (χ0) is 15.4. The van der Waals surface area contributed by atoms with Gasteiger partial charge >= 0.3 is 0 Å². The van der Waals surface area contributed by atoms with E-state index in [-0.39, 0.29) is 17.2 Å². The number of aryl methyl sites for hydroxylation is 1. The molecule has 0 saturated heterocycles. The van der Waals surface area contributed by atoms with E-state index in [9.17, 15) is 10.5 Å². The third kappa shape index (κ3) is 2.20. The fourth-order valence-electron chi connectivity index (χ4n) is 2.15. The van der Waals surface area contributed by atoms with Crippen molar-refractivity contribution < 1.29 is 0 Å². The van der Waals surface area contributed by atoms with E-state index in [1.807, 2.05) is 26.0 Å². The Morgan fingerprint density at radius 3 is 2.33 bits per heavy atom. The second-order valence-electron chi connectivity index (χ2n) is 4.18. The van der Waals surface area contributed by atoms with Crippen molar-refractivity contribution in [1.29, 1.82) is 15.8 Å². The van der Waals surface area contributed by atoms with E-state index in [1.165, 1.54) is 10.9 Å². The van der Waals surface area contributed by atoms with Crippen molar-refractivity contribution >= 4 is 0 Å². The Morgan fingerprint density at radius 1 is 1.05 bits per heavy atom. The van der Waals surface area contributed by atoms with Gasteiger partial charge in [0.15, 0.2) is 17.2 Å². The fraction of sp³-hybridized carbons (Fsp3) is 0.286. The van der Waals surface area contributed by atoms with Crippen molar-refractivity contribution in [1.82, 2.24) is 19.7 Å². The number of nitriles is 3. The highest BCUT2D eigenvalue weighted by Gasteiger charge is 2.19. The second kappa shape index (κ2) is 5.81. The van der Waals surface area contributed by atoms with Crippen LogP contribution in [0.5, 0.6) is 0 Å². The fourth-order valence-corrected chi connectivity index (χ4v) is 2.15. The number of aromatic nitrogens is 4. The maximum atomic E-state index is 9.44. The minimum atomic E-state index is 0.000747. The molecule has 0 amide bonds. The molecule has 0 N–H and O–H groups in total. The normalized spacial score (nSPS) is 9.67. The molecule has 2 aromatic rings. The highest BCUT2D eigenvalue weighted by atomic mass is 15.2. The van der Waals surface area contributed by atoms with Gasteiger partial charge in [-0.1, -0.05) is 13.8 Å². The summed E-state index contributed by atoms with van der Waals surface area (Å²) in [5.74, 6) is 0.233. The molecule has 0 bridgehead atoms. The smallest absolute Gasteiger partial charge is 0.179 e. The summed E-state index contributed by atoms with van der Waals surface area (Å²) >= 11 is 0. The van der Waals surface area contributed by atoms with Gasteiger partial charge in [0, 0.05) is 0 Å². The third-order valence-electron chi connectivity index (χ3n) is 3.15. The van der Waals surface area contributed by atoms with Crippen LogP contribution < -0.4 is 0 Å². The highest BCUT2D eigenvalue weighted by molar-refractivity contribution is 5.53. The van der Waals surface area contributed by atoms with Crippen LogP contribution in [0.4, 0.5) is 0 Å². The molecule has 0 spiro atoms. The summed E-state index contributed by atoms with van der Waals surface area (Å²) in [6.45, 7) is 3.87. The molecule has 7 nitrogen and oxygen atoms in total. The first kappa shape index (κ1) is 14.2. The molecule has 0 saturated carbocycles. The van der Waals surface area contributed by atoms with Crippen molar-refractivity contribution in [3.63, 3.8) is 0 Å². The first-order chi connectivity index (χ1) is 10.2. The lowest BCUT2D eigenvalue weighted by Crippen LogP contribution is -2.10. The molecule has 0 aliphatic rings. The van der Waals surface area contributed by atoms with Crippen molar-refractivity contribution in [2.24, 2.45) is 0 Å². The number of imidazole rings is 1. The maximum absolute atomic E-state index is 9.44. The van der Waals surface area contributed by atoms with Crippen LogP contribution in [0.25, 0.3) is 5.82 Å². The van der Waals surface area contributed by atoms with Gasteiger partial charge < -0.3 is 0 Å². The van der Waals surface area contributed by atoms with Gasteiger partial charge in [-0.2, -0.15) is 20.9 Å². The molecule has 0 fully saturated rings. The Morgan fingerprint density at radius 2 is 1.81 bits per heavy atom. The Hall–Kier alpha value is -3.24. The second-order valence-corrected chi connectivity index (χ2v) is 4.18. The Bertz CT molecular complexity index is 812. The van der Waals surface area contributed by atoms with Crippen LogP contribution in [0.2, 0.25) is 0 Å². The van der Waals surface area contributed by atoms with Gasteiger partial charge in [0.05, 0.1) is 5.69 Å². The number of nitrogens with zero attached hydrogens (tertiary/aromatic N) is 7. The molecular formula is C14H11N7. The summed E-state index contributed by atoms with van der Waals surface area (Å²) in [5, 5.41) is 35.7. The Kier molecular flexibility index (Phi) is 3.92. The van der Waals surface area contributed by atoms with E-state index in [0.717, 1.165) is 11.3 Å². The van der Waals surface area contributed by atoms with Crippen LogP contribution in [-0.2, 0) is 12.8 Å². The largest absolute Gasteiger partial charge is 0.270 e. The molecule has 0 atom stereocenters. The number of hydrogen-bond acceptors (Lipinski definition) is 6. The molecule has 2 aromatic heterocycles. The van der Waals surface area contributed by atoms with Gasteiger partial charge in [0.25, 0.3) is 0 Å². The Balaban J connectivity index is 2.78. The molecule has 2 heterocycles. The molecule has 0 aromatic carbocycles. The first-order valence-electron chi connectivity index (χ1n) is 6.38. The zero-order valence-corrected chi connectivity index (χ0v) is 11.6. The summed E-state index contributed by atoms with van der Waals surface area (Å²) in [6, 6.07) is 5.87. The SMILES string of the molecule is CCc1nnc(-n2cnc(C#N)c2C#N)c(C#N)c1CC. The lowest BCUT2D eigenvalue weighted by molar-refractivity contribution is 0.826. The molecule has 0 unspecified atom stereocenters. The van der Waals surface area contributed by atoms with E-state index >= 15 is 0 Å². The molecular weight excluding hydrogens is 266 g/mol. The lowest BCUT2D eigenvalue weighted by Gasteiger charge is -2.11. The van der Waals surface area contributed by atoms with Crippen LogP contribution in [0.3, 0.4) is 0 Å². The van der Waals surface area contributed by atoms with Crippen molar-refractivity contribution in [2.45, 2.75) is 26.7 Å².